The van der Waals surface area contributed by atoms with E-state index in [1.165, 1.54) is 31.5 Å². The Morgan fingerprint density at radius 1 is 1.27 bits per heavy atom. The molecule has 1 aromatic carbocycles. The van der Waals surface area contributed by atoms with Gasteiger partial charge in [0, 0.05) is 12.3 Å². The molecular weight excluding hydrogens is 310 g/mol. The first-order chi connectivity index (χ1) is 10.4. The Bertz CT molecular complexity index is 975. The van der Waals surface area contributed by atoms with Gasteiger partial charge in [-0.3, -0.25) is 9.89 Å². The van der Waals surface area contributed by atoms with Crippen LogP contribution in [0.2, 0.25) is 0 Å². The molecule has 0 atom stereocenters. The molecule has 0 fully saturated rings. The summed E-state index contributed by atoms with van der Waals surface area (Å²) in [5.41, 5.74) is 0.601. The van der Waals surface area contributed by atoms with E-state index in [1.54, 1.807) is 0 Å². The van der Waals surface area contributed by atoms with Gasteiger partial charge in [0.2, 0.25) is 10.0 Å². The number of imidazole rings is 1. The average molecular weight is 321 g/mol. The van der Waals surface area contributed by atoms with E-state index in [-0.39, 0.29) is 22.2 Å². The van der Waals surface area contributed by atoms with E-state index < -0.39 is 15.6 Å². The van der Waals surface area contributed by atoms with Crippen LogP contribution in [-0.4, -0.2) is 35.7 Å². The maximum absolute atomic E-state index is 11.6. The van der Waals surface area contributed by atoms with Crippen LogP contribution in [0.3, 0.4) is 0 Å². The standard InChI is InChI=1S/C12H11N5O4S/c1-21-9-4-6(22(13,19)20)2-3-7(9)11-15-8-5-14-17-12(18)10(8)16-11/h2-5,14H,1H3,(H,17,18)(H2,13,19,20). The fourth-order valence-corrected chi connectivity index (χ4v) is 2.53. The Balaban J connectivity index is 2.21. The highest BCUT2D eigenvalue weighted by molar-refractivity contribution is 7.89. The number of benzene rings is 1. The highest BCUT2D eigenvalue weighted by Crippen LogP contribution is 2.31. The number of aromatic nitrogens is 4. The van der Waals surface area contributed by atoms with Gasteiger partial charge in [0.05, 0.1) is 17.6 Å². The van der Waals surface area contributed by atoms with Crippen LogP contribution in [0.5, 0.6) is 5.75 Å². The van der Waals surface area contributed by atoms with Crippen molar-refractivity contribution in [1.29, 1.82) is 0 Å². The van der Waals surface area contributed by atoms with Crippen LogP contribution in [0.1, 0.15) is 0 Å². The van der Waals surface area contributed by atoms with E-state index >= 15 is 0 Å². The van der Waals surface area contributed by atoms with Gasteiger partial charge < -0.3 is 9.84 Å². The second kappa shape index (κ2) is 4.93. The molecule has 0 saturated carbocycles. The van der Waals surface area contributed by atoms with Gasteiger partial charge >= 0.3 is 0 Å². The fraction of sp³-hybridized carbons (Fsp3) is 0.0833. The van der Waals surface area contributed by atoms with E-state index in [0.717, 1.165) is 0 Å². The van der Waals surface area contributed by atoms with Crippen molar-refractivity contribution in [3.63, 3.8) is 0 Å². The van der Waals surface area contributed by atoms with Gasteiger partial charge in [-0.2, -0.15) is 0 Å². The number of hydrogen-bond acceptors (Lipinski definition) is 6. The molecule has 9 nitrogen and oxygen atoms in total. The maximum atomic E-state index is 11.6. The molecule has 2 aliphatic heterocycles. The number of nitrogens with one attached hydrogen (secondary N) is 2. The Hall–Kier alpha value is -2.72. The van der Waals surface area contributed by atoms with Gasteiger partial charge in [0.1, 0.15) is 11.4 Å². The molecule has 0 amide bonds. The quantitative estimate of drug-likeness (QED) is 0.615. The summed E-state index contributed by atoms with van der Waals surface area (Å²) in [5, 5.41) is 10.0. The van der Waals surface area contributed by atoms with Crippen molar-refractivity contribution in [2.75, 3.05) is 7.11 Å². The third-order valence-corrected chi connectivity index (χ3v) is 3.95. The molecule has 4 N–H and O–H groups in total. The van der Waals surface area contributed by atoms with Crippen molar-refractivity contribution in [3.05, 3.63) is 34.7 Å². The zero-order valence-electron chi connectivity index (χ0n) is 11.3. The maximum Gasteiger partial charge on any atom is 0.290 e. The van der Waals surface area contributed by atoms with Gasteiger partial charge in [-0.1, -0.05) is 0 Å². The fourth-order valence-electron chi connectivity index (χ4n) is 2.01. The normalized spacial score (nSPS) is 11.7. The summed E-state index contributed by atoms with van der Waals surface area (Å²) < 4.78 is 27.9. The molecule has 0 aromatic heterocycles. The lowest BCUT2D eigenvalue weighted by Crippen LogP contribution is -2.12. The molecule has 0 aliphatic carbocycles. The van der Waals surface area contributed by atoms with Crippen molar-refractivity contribution in [3.8, 4) is 28.5 Å². The second-order valence-corrected chi connectivity index (χ2v) is 5.99. The Labute approximate surface area is 124 Å². The van der Waals surface area contributed by atoms with E-state index in [9.17, 15) is 13.2 Å². The highest BCUT2D eigenvalue weighted by atomic mass is 32.2. The van der Waals surface area contributed by atoms with E-state index in [4.69, 9.17) is 9.88 Å². The number of nitrogens with two attached hydrogens (primary N) is 1. The monoisotopic (exact) mass is 321 g/mol. The predicted octanol–water partition coefficient (Wildman–Crippen LogP) is -0.0792. The molecule has 0 unspecified atom stereocenters. The minimum Gasteiger partial charge on any atom is -0.496 e. The molecule has 0 bridgehead atoms. The summed E-state index contributed by atoms with van der Waals surface area (Å²) in [6.07, 6.45) is 1.50. The lowest BCUT2D eigenvalue weighted by Gasteiger charge is -2.07. The summed E-state index contributed by atoms with van der Waals surface area (Å²) in [4.78, 5) is 19.9. The number of primary sulfonamides is 1. The van der Waals surface area contributed by atoms with Gasteiger partial charge in [-0.25, -0.2) is 23.5 Å². The molecular formula is C12H11N5O4S. The number of nitrogens with zero attached hydrogens (tertiary/aromatic N) is 2. The molecule has 3 rings (SSSR count). The van der Waals surface area contributed by atoms with Crippen molar-refractivity contribution in [2.45, 2.75) is 4.90 Å². The van der Waals surface area contributed by atoms with Crippen molar-refractivity contribution >= 4 is 10.0 Å². The Morgan fingerprint density at radius 3 is 2.68 bits per heavy atom. The molecule has 22 heavy (non-hydrogen) atoms. The third-order valence-electron chi connectivity index (χ3n) is 3.04. The van der Waals surface area contributed by atoms with E-state index in [1.807, 2.05) is 0 Å². The largest absolute Gasteiger partial charge is 0.496 e. The lowest BCUT2D eigenvalue weighted by molar-refractivity contribution is 0.415. The number of hydrogen-bond donors (Lipinski definition) is 3. The first-order valence-corrected chi connectivity index (χ1v) is 7.60. The van der Waals surface area contributed by atoms with Crippen LogP contribution in [-0.2, 0) is 10.0 Å². The minimum absolute atomic E-state index is 0.0876. The lowest BCUT2D eigenvalue weighted by atomic mass is 10.2. The zero-order chi connectivity index (χ0) is 15.9. The van der Waals surface area contributed by atoms with Crippen molar-refractivity contribution in [2.24, 2.45) is 5.14 Å². The van der Waals surface area contributed by atoms with E-state index in [2.05, 4.69) is 20.2 Å². The summed E-state index contributed by atoms with van der Waals surface area (Å²) in [5.74, 6) is 0.486. The van der Waals surface area contributed by atoms with Crippen LogP contribution >= 0.6 is 0 Å². The SMILES string of the molecule is COc1cc(S(N)(=O)=O)ccc1-c1nc2c[nH][nH]c(=O)c-2n1. The number of aromatic amines is 2. The third kappa shape index (κ3) is 2.34. The van der Waals surface area contributed by atoms with Crippen LogP contribution < -0.4 is 15.4 Å². The first-order valence-electron chi connectivity index (χ1n) is 6.05. The number of methoxy groups -OCH3 is 1. The molecule has 2 heterocycles. The van der Waals surface area contributed by atoms with Crippen LogP contribution in [0.25, 0.3) is 22.8 Å². The summed E-state index contributed by atoms with van der Waals surface area (Å²) in [6, 6.07) is 4.08. The molecule has 114 valence electrons. The number of rotatable bonds is 3. The summed E-state index contributed by atoms with van der Waals surface area (Å²) in [7, 11) is -2.46. The van der Waals surface area contributed by atoms with Crippen molar-refractivity contribution in [1.82, 2.24) is 20.2 Å². The molecule has 2 aliphatic rings. The van der Waals surface area contributed by atoms with Gasteiger partial charge in [-0.15, -0.1) is 0 Å². The van der Waals surface area contributed by atoms with Crippen LogP contribution in [0, 0.1) is 0 Å². The Kier molecular flexibility index (Phi) is 3.19. The van der Waals surface area contributed by atoms with Crippen LogP contribution in [0.15, 0.2) is 34.1 Å². The topological polar surface area (TPSA) is 144 Å². The Morgan fingerprint density at radius 2 is 2.05 bits per heavy atom. The molecule has 0 spiro atoms. The average Bonchev–Trinajstić information content (AvgIpc) is 2.91. The number of fused-ring (bicyclic) bond motifs is 1. The van der Waals surface area contributed by atoms with E-state index in [0.29, 0.717) is 11.3 Å². The highest BCUT2D eigenvalue weighted by Gasteiger charge is 2.19. The summed E-state index contributed by atoms with van der Waals surface area (Å²) >= 11 is 0. The van der Waals surface area contributed by atoms with Gasteiger partial charge in [0.15, 0.2) is 11.5 Å². The first kappa shape index (κ1) is 14.2. The molecule has 0 saturated heterocycles. The van der Waals surface area contributed by atoms with Crippen molar-refractivity contribution < 1.29 is 13.2 Å². The predicted molar refractivity (Wildman–Crippen MR) is 77.0 cm³/mol. The number of ether oxygens (including phenoxy) is 1. The molecule has 10 heteroatoms. The van der Waals surface area contributed by atoms with Crippen LogP contribution in [0.4, 0.5) is 0 Å². The zero-order valence-corrected chi connectivity index (χ0v) is 12.1. The summed E-state index contributed by atoms with van der Waals surface area (Å²) in [6.45, 7) is 0. The number of H-pyrrole nitrogens is 2. The minimum atomic E-state index is -3.85. The smallest absolute Gasteiger partial charge is 0.290 e. The second-order valence-electron chi connectivity index (χ2n) is 4.43. The van der Waals surface area contributed by atoms with Gasteiger partial charge in [-0.05, 0) is 12.1 Å². The molecule has 1 aromatic rings. The molecule has 0 radical (unpaired) electrons. The number of sulfonamides is 1. The van der Waals surface area contributed by atoms with Gasteiger partial charge in [0.25, 0.3) is 5.56 Å².